The van der Waals surface area contributed by atoms with Crippen molar-refractivity contribution in [1.29, 1.82) is 0 Å². The molecule has 0 unspecified atom stereocenters. The van der Waals surface area contributed by atoms with Crippen molar-refractivity contribution in [1.82, 2.24) is 14.9 Å². The Balaban J connectivity index is 1.33. The Morgan fingerprint density at radius 1 is 1.03 bits per heavy atom. The minimum absolute atomic E-state index is 0.0347. The van der Waals surface area contributed by atoms with Crippen LogP contribution in [0.5, 0.6) is 0 Å². The minimum Gasteiger partial charge on any atom is -0.352 e. The Labute approximate surface area is 180 Å². The molecular formula is C23H27N5OS. The van der Waals surface area contributed by atoms with E-state index in [2.05, 4.69) is 24.1 Å². The van der Waals surface area contributed by atoms with Gasteiger partial charge in [0.1, 0.15) is 16.5 Å². The fraction of sp³-hybridized carbons (Fsp3) is 0.435. The van der Waals surface area contributed by atoms with Gasteiger partial charge < -0.3 is 15.1 Å². The number of piperazine rings is 1. The summed E-state index contributed by atoms with van der Waals surface area (Å²) in [6, 6.07) is 7.88. The number of hydrogen-bond acceptors (Lipinski definition) is 5. The summed E-state index contributed by atoms with van der Waals surface area (Å²) < 4.78 is 0. The number of thiophene rings is 1. The highest BCUT2D eigenvalue weighted by Gasteiger charge is 2.30. The van der Waals surface area contributed by atoms with Gasteiger partial charge in [-0.2, -0.15) is 0 Å². The van der Waals surface area contributed by atoms with Gasteiger partial charge >= 0.3 is 6.03 Å². The van der Waals surface area contributed by atoms with E-state index in [-0.39, 0.29) is 6.03 Å². The first-order chi connectivity index (χ1) is 14.5. The molecule has 1 saturated heterocycles. The molecule has 1 aliphatic carbocycles. The van der Waals surface area contributed by atoms with Crippen molar-refractivity contribution in [3.63, 3.8) is 0 Å². The van der Waals surface area contributed by atoms with Crippen LogP contribution in [0, 0.1) is 20.8 Å². The zero-order valence-electron chi connectivity index (χ0n) is 17.7. The van der Waals surface area contributed by atoms with Crippen LogP contribution in [-0.2, 0) is 0 Å². The van der Waals surface area contributed by atoms with Crippen molar-refractivity contribution < 1.29 is 4.79 Å². The number of nitrogens with zero attached hydrogens (tertiary/aromatic N) is 4. The lowest BCUT2D eigenvalue weighted by Gasteiger charge is -2.35. The van der Waals surface area contributed by atoms with Gasteiger partial charge in [0.05, 0.1) is 5.39 Å². The monoisotopic (exact) mass is 421 g/mol. The third-order valence-corrected chi connectivity index (χ3v) is 7.24. The van der Waals surface area contributed by atoms with E-state index >= 15 is 0 Å². The van der Waals surface area contributed by atoms with Crippen molar-refractivity contribution >= 4 is 39.1 Å². The number of carbonyl (C=O) groups excluding carboxylic acids is 1. The number of hydrogen-bond donors (Lipinski definition) is 1. The fourth-order valence-electron chi connectivity index (χ4n) is 3.96. The van der Waals surface area contributed by atoms with Gasteiger partial charge in [-0.05, 0) is 51.3 Å². The van der Waals surface area contributed by atoms with Crippen molar-refractivity contribution in [3.05, 3.63) is 46.1 Å². The Morgan fingerprint density at radius 2 is 1.73 bits per heavy atom. The number of fused-ring (bicyclic) bond motifs is 1. The molecule has 156 valence electrons. The first-order valence-electron chi connectivity index (χ1n) is 10.6. The average Bonchev–Trinajstić information content (AvgIpc) is 3.56. The topological polar surface area (TPSA) is 61.4 Å². The van der Waals surface area contributed by atoms with E-state index in [0.29, 0.717) is 19.0 Å². The van der Waals surface area contributed by atoms with Gasteiger partial charge in [0.2, 0.25) is 0 Å². The third kappa shape index (κ3) is 3.62. The molecule has 3 heterocycles. The molecule has 0 atom stereocenters. The van der Waals surface area contributed by atoms with Crippen LogP contribution >= 0.6 is 11.3 Å². The summed E-state index contributed by atoms with van der Waals surface area (Å²) in [6.07, 6.45) is 2.39. The van der Waals surface area contributed by atoms with E-state index in [1.54, 1.807) is 11.3 Å². The zero-order valence-corrected chi connectivity index (χ0v) is 18.6. The molecule has 2 amide bonds. The summed E-state index contributed by atoms with van der Waals surface area (Å²) in [5, 5.41) is 4.21. The zero-order chi connectivity index (χ0) is 20.8. The second kappa shape index (κ2) is 7.54. The van der Waals surface area contributed by atoms with Crippen LogP contribution in [0.1, 0.15) is 40.6 Å². The van der Waals surface area contributed by atoms with Crippen molar-refractivity contribution in [2.75, 3.05) is 36.4 Å². The molecule has 30 heavy (non-hydrogen) atoms. The van der Waals surface area contributed by atoms with Crippen LogP contribution in [0.2, 0.25) is 0 Å². The smallest absolute Gasteiger partial charge is 0.321 e. The number of carbonyl (C=O) groups is 1. The third-order valence-electron chi connectivity index (χ3n) is 6.14. The molecule has 2 aromatic heterocycles. The lowest BCUT2D eigenvalue weighted by atomic mass is 10.2. The number of nitrogens with one attached hydrogen (secondary N) is 1. The molecule has 2 aliphatic rings. The van der Waals surface area contributed by atoms with E-state index in [0.717, 1.165) is 35.2 Å². The highest BCUT2D eigenvalue weighted by Crippen LogP contribution is 2.42. The largest absolute Gasteiger partial charge is 0.352 e. The van der Waals surface area contributed by atoms with Crippen LogP contribution in [0.4, 0.5) is 16.3 Å². The van der Waals surface area contributed by atoms with Gasteiger partial charge in [0, 0.05) is 42.7 Å². The van der Waals surface area contributed by atoms with Crippen molar-refractivity contribution in [2.45, 2.75) is 39.5 Å². The van der Waals surface area contributed by atoms with Gasteiger partial charge in [0.15, 0.2) is 0 Å². The first kappa shape index (κ1) is 19.3. The normalized spacial score (nSPS) is 16.9. The maximum Gasteiger partial charge on any atom is 0.321 e. The number of urea groups is 1. The van der Waals surface area contributed by atoms with Crippen LogP contribution in [0.3, 0.4) is 0 Å². The minimum atomic E-state index is -0.0347. The standard InChI is InChI=1S/C23H27N5OS/c1-14-4-8-18(9-5-14)24-23(29)28-12-10-27(11-13-28)21-19-15(2)16(3)30-22(19)26-20(25-21)17-6-7-17/h4-5,8-9,17H,6-7,10-13H2,1-3H3,(H,24,29). The summed E-state index contributed by atoms with van der Waals surface area (Å²) in [5.41, 5.74) is 3.30. The predicted molar refractivity (Wildman–Crippen MR) is 123 cm³/mol. The molecule has 2 fully saturated rings. The van der Waals surface area contributed by atoms with Crippen molar-refractivity contribution in [3.8, 4) is 0 Å². The molecule has 3 aromatic rings. The van der Waals surface area contributed by atoms with E-state index < -0.39 is 0 Å². The first-order valence-corrected chi connectivity index (χ1v) is 11.5. The van der Waals surface area contributed by atoms with E-state index in [1.165, 1.54) is 34.2 Å². The Bertz CT molecular complexity index is 1090. The Hall–Kier alpha value is -2.67. The van der Waals surface area contributed by atoms with Crippen molar-refractivity contribution in [2.24, 2.45) is 0 Å². The van der Waals surface area contributed by atoms with E-state index in [4.69, 9.17) is 9.97 Å². The summed E-state index contributed by atoms with van der Waals surface area (Å²) in [5.74, 6) is 2.58. The molecule has 6 nitrogen and oxygen atoms in total. The Morgan fingerprint density at radius 3 is 2.40 bits per heavy atom. The number of benzene rings is 1. The predicted octanol–water partition coefficient (Wildman–Crippen LogP) is 4.85. The van der Waals surface area contributed by atoms with E-state index in [1.807, 2.05) is 36.1 Å². The Kier molecular flexibility index (Phi) is 4.85. The molecule has 0 radical (unpaired) electrons. The number of aromatic nitrogens is 2. The van der Waals surface area contributed by atoms with Crippen LogP contribution in [-0.4, -0.2) is 47.1 Å². The molecular weight excluding hydrogens is 394 g/mol. The van der Waals surface area contributed by atoms with Gasteiger partial charge in [-0.15, -0.1) is 11.3 Å². The maximum atomic E-state index is 12.7. The van der Waals surface area contributed by atoms with Gasteiger partial charge in [0.25, 0.3) is 0 Å². The number of anilines is 2. The lowest BCUT2D eigenvalue weighted by Crippen LogP contribution is -2.50. The lowest BCUT2D eigenvalue weighted by molar-refractivity contribution is 0.208. The molecule has 1 aliphatic heterocycles. The van der Waals surface area contributed by atoms with Gasteiger partial charge in [-0.25, -0.2) is 14.8 Å². The number of amides is 2. The highest BCUT2D eigenvalue weighted by molar-refractivity contribution is 7.18. The van der Waals surface area contributed by atoms with E-state index in [9.17, 15) is 4.79 Å². The summed E-state index contributed by atoms with van der Waals surface area (Å²) >= 11 is 1.77. The molecule has 0 spiro atoms. The molecule has 5 rings (SSSR count). The number of aryl methyl sites for hydroxylation is 3. The van der Waals surface area contributed by atoms with Crippen LogP contribution < -0.4 is 10.2 Å². The second-order valence-corrected chi connectivity index (χ2v) is 9.62. The molecule has 1 N–H and O–H groups in total. The SMILES string of the molecule is Cc1ccc(NC(=O)N2CCN(c3nc(C4CC4)nc4sc(C)c(C)c34)CC2)cc1. The fourth-order valence-corrected chi connectivity index (χ4v) is 4.99. The molecule has 1 saturated carbocycles. The van der Waals surface area contributed by atoms with Crippen LogP contribution in [0.15, 0.2) is 24.3 Å². The quantitative estimate of drug-likeness (QED) is 0.657. The summed E-state index contributed by atoms with van der Waals surface area (Å²) in [6.45, 7) is 9.31. The summed E-state index contributed by atoms with van der Waals surface area (Å²) in [4.78, 5) is 29.2. The van der Waals surface area contributed by atoms with Gasteiger partial charge in [-0.1, -0.05) is 17.7 Å². The number of rotatable bonds is 3. The molecule has 0 bridgehead atoms. The van der Waals surface area contributed by atoms with Crippen LogP contribution in [0.25, 0.3) is 10.2 Å². The molecule has 1 aromatic carbocycles. The highest BCUT2D eigenvalue weighted by atomic mass is 32.1. The average molecular weight is 422 g/mol. The van der Waals surface area contributed by atoms with Gasteiger partial charge in [-0.3, -0.25) is 0 Å². The maximum absolute atomic E-state index is 12.7. The summed E-state index contributed by atoms with van der Waals surface area (Å²) in [7, 11) is 0. The molecule has 7 heteroatoms. The second-order valence-electron chi connectivity index (χ2n) is 8.41.